The normalized spacial score (nSPS) is 12.2. The minimum absolute atomic E-state index is 0.0803. The Hall–Kier alpha value is -1.75. The number of nitrogens with zero attached hydrogens (tertiary/aromatic N) is 2. The zero-order valence-corrected chi connectivity index (χ0v) is 16.5. The predicted molar refractivity (Wildman–Crippen MR) is 105 cm³/mol. The Labute approximate surface area is 155 Å². The molecule has 1 amide bonds. The van der Waals surface area contributed by atoms with Crippen molar-refractivity contribution in [3.8, 4) is 0 Å². The second-order valence-corrected chi connectivity index (χ2v) is 7.46. The van der Waals surface area contributed by atoms with Crippen molar-refractivity contribution in [2.24, 2.45) is 0 Å². The van der Waals surface area contributed by atoms with Crippen molar-refractivity contribution in [1.82, 2.24) is 14.9 Å². The fourth-order valence-electron chi connectivity index (χ4n) is 2.64. The van der Waals surface area contributed by atoms with Crippen LogP contribution in [0.15, 0.2) is 35.5 Å². The third kappa shape index (κ3) is 5.36. The van der Waals surface area contributed by atoms with Crippen molar-refractivity contribution in [3.05, 3.63) is 47.3 Å². The molecular weight excluding hydrogens is 330 g/mol. The fraction of sp³-hybridized carbons (Fsp3) is 0.500. The maximum Gasteiger partial charge on any atom is 0.233 e. The van der Waals surface area contributed by atoms with Gasteiger partial charge in [-0.05, 0) is 32.3 Å². The molecule has 1 heterocycles. The standard InChI is InChI=1S/C20H29N3OS/c1-5-7-13-23-16(4)15(3)22-20(23)25-18(6-2)19(24)21-14-17-11-9-8-10-12-17/h8-12,18H,5-7,13-14H2,1-4H3,(H,21,24). The van der Waals surface area contributed by atoms with Gasteiger partial charge in [0.25, 0.3) is 0 Å². The first kappa shape index (κ1) is 19.6. The second kappa shape index (κ2) is 9.66. The van der Waals surface area contributed by atoms with E-state index >= 15 is 0 Å². The first-order valence-electron chi connectivity index (χ1n) is 9.08. The van der Waals surface area contributed by atoms with E-state index in [0.717, 1.165) is 42.2 Å². The number of carbonyl (C=O) groups excluding carboxylic acids is 1. The fourth-order valence-corrected chi connectivity index (χ4v) is 3.80. The van der Waals surface area contributed by atoms with Crippen LogP contribution in [0.5, 0.6) is 0 Å². The molecule has 136 valence electrons. The Morgan fingerprint density at radius 3 is 2.60 bits per heavy atom. The first-order valence-corrected chi connectivity index (χ1v) is 9.96. The van der Waals surface area contributed by atoms with Gasteiger partial charge < -0.3 is 9.88 Å². The van der Waals surface area contributed by atoms with Crippen LogP contribution in [0, 0.1) is 13.8 Å². The Morgan fingerprint density at radius 2 is 1.96 bits per heavy atom. The van der Waals surface area contributed by atoms with Crippen LogP contribution < -0.4 is 5.32 Å². The van der Waals surface area contributed by atoms with Gasteiger partial charge in [0.15, 0.2) is 5.16 Å². The third-order valence-electron chi connectivity index (χ3n) is 4.38. The molecular formula is C20H29N3OS. The summed E-state index contributed by atoms with van der Waals surface area (Å²) in [4.78, 5) is 17.3. The number of thioether (sulfide) groups is 1. The van der Waals surface area contributed by atoms with Crippen LogP contribution in [-0.4, -0.2) is 20.7 Å². The van der Waals surface area contributed by atoms with E-state index in [9.17, 15) is 4.79 Å². The molecule has 1 unspecified atom stereocenters. The lowest BCUT2D eigenvalue weighted by atomic mass is 10.2. The number of aryl methyl sites for hydroxylation is 1. The number of hydrogen-bond acceptors (Lipinski definition) is 3. The summed E-state index contributed by atoms with van der Waals surface area (Å²) < 4.78 is 2.26. The third-order valence-corrected chi connectivity index (χ3v) is 5.73. The van der Waals surface area contributed by atoms with E-state index in [4.69, 9.17) is 4.98 Å². The minimum Gasteiger partial charge on any atom is -0.351 e. The number of imidazole rings is 1. The van der Waals surface area contributed by atoms with E-state index in [1.54, 1.807) is 11.8 Å². The van der Waals surface area contributed by atoms with Gasteiger partial charge in [0.1, 0.15) is 0 Å². The van der Waals surface area contributed by atoms with Crippen LogP contribution in [0.1, 0.15) is 50.1 Å². The summed E-state index contributed by atoms with van der Waals surface area (Å²) in [5.41, 5.74) is 3.38. The highest BCUT2D eigenvalue weighted by Gasteiger charge is 2.21. The number of nitrogens with one attached hydrogen (secondary N) is 1. The summed E-state index contributed by atoms with van der Waals surface area (Å²) in [6.07, 6.45) is 3.06. The molecule has 2 aromatic rings. The first-order chi connectivity index (χ1) is 12.1. The quantitative estimate of drug-likeness (QED) is 0.671. The van der Waals surface area contributed by atoms with Gasteiger partial charge in [-0.15, -0.1) is 0 Å². The van der Waals surface area contributed by atoms with Gasteiger partial charge in [0, 0.05) is 18.8 Å². The van der Waals surface area contributed by atoms with Gasteiger partial charge in [-0.2, -0.15) is 0 Å². The zero-order chi connectivity index (χ0) is 18.2. The van der Waals surface area contributed by atoms with E-state index < -0.39 is 0 Å². The van der Waals surface area contributed by atoms with Crippen molar-refractivity contribution >= 4 is 17.7 Å². The molecule has 0 bridgehead atoms. The maximum atomic E-state index is 12.6. The SMILES string of the molecule is CCCCn1c(SC(CC)C(=O)NCc2ccccc2)nc(C)c1C. The monoisotopic (exact) mass is 359 g/mol. The molecule has 4 nitrogen and oxygen atoms in total. The van der Waals surface area contributed by atoms with Crippen LogP contribution in [0.4, 0.5) is 0 Å². The molecule has 2 rings (SSSR count). The van der Waals surface area contributed by atoms with Gasteiger partial charge in [0.05, 0.1) is 10.9 Å². The molecule has 0 aliphatic carbocycles. The van der Waals surface area contributed by atoms with E-state index in [1.165, 1.54) is 5.69 Å². The average molecular weight is 360 g/mol. The topological polar surface area (TPSA) is 46.9 Å². The molecule has 5 heteroatoms. The van der Waals surface area contributed by atoms with Gasteiger partial charge in [0.2, 0.25) is 5.91 Å². The smallest absolute Gasteiger partial charge is 0.233 e. The Morgan fingerprint density at radius 1 is 1.24 bits per heavy atom. The highest BCUT2D eigenvalue weighted by molar-refractivity contribution is 8.00. The van der Waals surface area contributed by atoms with Gasteiger partial charge in [-0.1, -0.05) is 62.4 Å². The number of hydrogen-bond donors (Lipinski definition) is 1. The van der Waals surface area contributed by atoms with E-state index in [-0.39, 0.29) is 11.2 Å². The van der Waals surface area contributed by atoms with Crippen LogP contribution in [0.2, 0.25) is 0 Å². The summed E-state index contributed by atoms with van der Waals surface area (Å²) in [6.45, 7) is 9.93. The molecule has 0 fully saturated rings. The minimum atomic E-state index is -0.120. The lowest BCUT2D eigenvalue weighted by Gasteiger charge is -2.16. The van der Waals surface area contributed by atoms with Crippen molar-refractivity contribution in [2.75, 3.05) is 0 Å². The number of aromatic nitrogens is 2. The van der Waals surface area contributed by atoms with Crippen molar-refractivity contribution in [1.29, 1.82) is 0 Å². The predicted octanol–water partition coefficient (Wildman–Crippen LogP) is 4.49. The van der Waals surface area contributed by atoms with Crippen LogP contribution in [0.25, 0.3) is 0 Å². The number of unbranched alkanes of at least 4 members (excludes halogenated alkanes) is 1. The van der Waals surface area contributed by atoms with E-state index in [0.29, 0.717) is 6.54 Å². The number of amides is 1. The van der Waals surface area contributed by atoms with E-state index in [2.05, 4.69) is 30.7 Å². The molecule has 1 N–H and O–H groups in total. The van der Waals surface area contributed by atoms with Gasteiger partial charge >= 0.3 is 0 Å². The zero-order valence-electron chi connectivity index (χ0n) is 15.7. The second-order valence-electron chi connectivity index (χ2n) is 6.29. The summed E-state index contributed by atoms with van der Waals surface area (Å²) in [7, 11) is 0. The number of rotatable bonds is 9. The lowest BCUT2D eigenvalue weighted by Crippen LogP contribution is -2.32. The summed E-state index contributed by atoms with van der Waals surface area (Å²) in [5, 5.41) is 3.90. The molecule has 1 aromatic carbocycles. The highest BCUT2D eigenvalue weighted by atomic mass is 32.2. The van der Waals surface area contributed by atoms with Crippen LogP contribution in [0.3, 0.4) is 0 Å². The molecule has 25 heavy (non-hydrogen) atoms. The lowest BCUT2D eigenvalue weighted by molar-refractivity contribution is -0.120. The molecule has 0 saturated carbocycles. The Balaban J connectivity index is 2.03. The summed E-state index contributed by atoms with van der Waals surface area (Å²) in [5.74, 6) is 0.0803. The van der Waals surface area contributed by atoms with Gasteiger partial charge in [-0.3, -0.25) is 4.79 Å². The number of benzene rings is 1. The van der Waals surface area contributed by atoms with Crippen molar-refractivity contribution in [2.45, 2.75) is 70.5 Å². The molecule has 0 spiro atoms. The molecule has 0 saturated heterocycles. The molecule has 1 aromatic heterocycles. The average Bonchev–Trinajstić information content (AvgIpc) is 2.90. The highest BCUT2D eigenvalue weighted by Crippen LogP contribution is 2.27. The van der Waals surface area contributed by atoms with Gasteiger partial charge in [-0.25, -0.2) is 4.98 Å². The van der Waals surface area contributed by atoms with E-state index in [1.807, 2.05) is 37.3 Å². The van der Waals surface area contributed by atoms with Crippen LogP contribution >= 0.6 is 11.8 Å². The van der Waals surface area contributed by atoms with Crippen molar-refractivity contribution < 1.29 is 4.79 Å². The maximum absolute atomic E-state index is 12.6. The Kier molecular flexibility index (Phi) is 7.56. The molecule has 1 atom stereocenters. The summed E-state index contributed by atoms with van der Waals surface area (Å²) >= 11 is 1.58. The van der Waals surface area contributed by atoms with Crippen molar-refractivity contribution in [3.63, 3.8) is 0 Å². The molecule has 0 aliphatic rings. The van der Waals surface area contributed by atoms with Crippen LogP contribution in [-0.2, 0) is 17.9 Å². The molecule has 0 aliphatic heterocycles. The largest absolute Gasteiger partial charge is 0.351 e. The summed E-state index contributed by atoms with van der Waals surface area (Å²) in [6, 6.07) is 10.0. The number of carbonyl (C=O) groups is 1. The Bertz CT molecular complexity index is 682. The molecule has 0 radical (unpaired) electrons.